The molecular formula is C10H9ClO2S. The van der Waals surface area contributed by atoms with E-state index < -0.39 is 6.10 Å². The topological polar surface area (TPSA) is 33.4 Å². The highest BCUT2D eigenvalue weighted by atomic mass is 35.5. The standard InChI is InChI=1S/C10H9ClO2S/c1-6-3-13-4-8(6)10(12)9-2-7(11)5-14-9/h2-5,10,12H,1H3. The molecule has 2 heterocycles. The van der Waals surface area contributed by atoms with Crippen LogP contribution in [0.25, 0.3) is 0 Å². The molecule has 2 rings (SSSR count). The first kappa shape index (κ1) is 9.77. The Hall–Kier alpha value is -0.770. The first-order chi connectivity index (χ1) is 6.68. The van der Waals surface area contributed by atoms with Gasteiger partial charge in [0.15, 0.2) is 0 Å². The Morgan fingerprint density at radius 3 is 2.79 bits per heavy atom. The average Bonchev–Trinajstić information content (AvgIpc) is 2.73. The van der Waals surface area contributed by atoms with Crippen LogP contribution in [0.3, 0.4) is 0 Å². The number of halogens is 1. The predicted octanol–water partition coefficient (Wildman–Crippen LogP) is 3.38. The second kappa shape index (κ2) is 3.77. The molecule has 0 fully saturated rings. The average molecular weight is 229 g/mol. The van der Waals surface area contributed by atoms with Crippen LogP contribution in [0.1, 0.15) is 22.1 Å². The number of hydrogen-bond donors (Lipinski definition) is 1. The lowest BCUT2D eigenvalue weighted by Crippen LogP contribution is -1.96. The predicted molar refractivity (Wildman–Crippen MR) is 56.8 cm³/mol. The van der Waals surface area contributed by atoms with Crippen LogP contribution in [0.5, 0.6) is 0 Å². The van der Waals surface area contributed by atoms with Crippen molar-refractivity contribution >= 4 is 22.9 Å². The van der Waals surface area contributed by atoms with Gasteiger partial charge in [0.25, 0.3) is 0 Å². The molecule has 0 bridgehead atoms. The number of aliphatic hydroxyl groups excluding tert-OH is 1. The highest BCUT2D eigenvalue weighted by Crippen LogP contribution is 2.31. The lowest BCUT2D eigenvalue weighted by molar-refractivity contribution is 0.222. The van der Waals surface area contributed by atoms with Crippen LogP contribution >= 0.6 is 22.9 Å². The number of rotatable bonds is 2. The summed E-state index contributed by atoms with van der Waals surface area (Å²) in [7, 11) is 0. The molecule has 4 heteroatoms. The zero-order valence-corrected chi connectivity index (χ0v) is 9.10. The van der Waals surface area contributed by atoms with E-state index in [0.29, 0.717) is 5.02 Å². The maximum absolute atomic E-state index is 9.97. The van der Waals surface area contributed by atoms with Crippen LogP contribution in [0.15, 0.2) is 28.4 Å². The van der Waals surface area contributed by atoms with Crippen LogP contribution in [0, 0.1) is 6.92 Å². The summed E-state index contributed by atoms with van der Waals surface area (Å²) in [6.07, 6.45) is 2.55. The molecule has 1 N–H and O–H groups in total. The van der Waals surface area contributed by atoms with Crippen LogP contribution in [0.4, 0.5) is 0 Å². The maximum Gasteiger partial charge on any atom is 0.117 e. The number of thiophene rings is 1. The van der Waals surface area contributed by atoms with E-state index in [2.05, 4.69) is 0 Å². The minimum atomic E-state index is -0.633. The fourth-order valence-electron chi connectivity index (χ4n) is 1.28. The molecule has 0 amide bonds. The fourth-order valence-corrected chi connectivity index (χ4v) is 2.36. The molecule has 1 unspecified atom stereocenters. The Bertz CT molecular complexity index is 433. The van der Waals surface area contributed by atoms with Crippen molar-refractivity contribution in [3.8, 4) is 0 Å². The monoisotopic (exact) mass is 228 g/mol. The summed E-state index contributed by atoms with van der Waals surface area (Å²) >= 11 is 7.22. The molecule has 14 heavy (non-hydrogen) atoms. The molecule has 0 radical (unpaired) electrons. The quantitative estimate of drug-likeness (QED) is 0.855. The van der Waals surface area contributed by atoms with E-state index >= 15 is 0 Å². The molecule has 0 aliphatic carbocycles. The molecule has 74 valence electrons. The van der Waals surface area contributed by atoms with Crippen LogP contribution in [0.2, 0.25) is 5.02 Å². The Labute approximate surface area is 90.8 Å². The molecule has 2 nitrogen and oxygen atoms in total. The second-order valence-electron chi connectivity index (χ2n) is 3.08. The van der Waals surface area contributed by atoms with E-state index in [1.165, 1.54) is 11.3 Å². The number of aliphatic hydroxyl groups is 1. The zero-order chi connectivity index (χ0) is 10.1. The van der Waals surface area contributed by atoms with Crippen molar-refractivity contribution in [1.29, 1.82) is 0 Å². The lowest BCUT2D eigenvalue weighted by atomic mass is 10.1. The highest BCUT2D eigenvalue weighted by molar-refractivity contribution is 7.10. The molecule has 0 aliphatic rings. The van der Waals surface area contributed by atoms with Gasteiger partial charge in [0.05, 0.1) is 17.5 Å². The van der Waals surface area contributed by atoms with Gasteiger partial charge in [0, 0.05) is 15.8 Å². The summed E-state index contributed by atoms with van der Waals surface area (Å²) < 4.78 is 5.01. The van der Waals surface area contributed by atoms with E-state index in [-0.39, 0.29) is 0 Å². The number of aryl methyl sites for hydroxylation is 1. The molecule has 2 aromatic rings. The summed E-state index contributed by atoms with van der Waals surface area (Å²) in [6, 6.07) is 1.77. The molecule has 0 aliphatic heterocycles. The summed E-state index contributed by atoms with van der Waals surface area (Å²) in [4.78, 5) is 0.833. The van der Waals surface area contributed by atoms with E-state index in [1.807, 2.05) is 6.92 Å². The van der Waals surface area contributed by atoms with Gasteiger partial charge in [-0.2, -0.15) is 0 Å². The van der Waals surface area contributed by atoms with Gasteiger partial charge in [-0.05, 0) is 18.6 Å². The van der Waals surface area contributed by atoms with Crippen LogP contribution < -0.4 is 0 Å². The van der Waals surface area contributed by atoms with Crippen molar-refractivity contribution in [3.63, 3.8) is 0 Å². The van der Waals surface area contributed by atoms with Crippen molar-refractivity contribution < 1.29 is 9.52 Å². The van der Waals surface area contributed by atoms with Crippen molar-refractivity contribution in [2.24, 2.45) is 0 Å². The van der Waals surface area contributed by atoms with Gasteiger partial charge in [-0.3, -0.25) is 0 Å². The van der Waals surface area contributed by atoms with Gasteiger partial charge in [0.2, 0.25) is 0 Å². The Morgan fingerprint density at radius 2 is 2.29 bits per heavy atom. The van der Waals surface area contributed by atoms with Gasteiger partial charge < -0.3 is 9.52 Å². The minimum Gasteiger partial charge on any atom is -0.472 e. The van der Waals surface area contributed by atoms with Crippen molar-refractivity contribution in [2.45, 2.75) is 13.0 Å². The molecule has 1 atom stereocenters. The highest BCUT2D eigenvalue weighted by Gasteiger charge is 2.16. The van der Waals surface area contributed by atoms with E-state index in [9.17, 15) is 5.11 Å². The van der Waals surface area contributed by atoms with E-state index in [1.54, 1.807) is 24.0 Å². The summed E-state index contributed by atoms with van der Waals surface area (Å²) in [6.45, 7) is 1.90. The zero-order valence-electron chi connectivity index (χ0n) is 7.53. The second-order valence-corrected chi connectivity index (χ2v) is 4.46. The third-order valence-corrected chi connectivity index (χ3v) is 3.38. The smallest absolute Gasteiger partial charge is 0.117 e. The first-order valence-electron chi connectivity index (χ1n) is 4.13. The first-order valence-corrected chi connectivity index (χ1v) is 5.39. The van der Waals surface area contributed by atoms with Gasteiger partial charge >= 0.3 is 0 Å². The van der Waals surface area contributed by atoms with Crippen molar-refractivity contribution in [1.82, 2.24) is 0 Å². The molecule has 0 saturated carbocycles. The molecular weight excluding hydrogens is 220 g/mol. The largest absolute Gasteiger partial charge is 0.472 e. The van der Waals surface area contributed by atoms with Crippen molar-refractivity contribution in [3.05, 3.63) is 45.0 Å². The Balaban J connectivity index is 2.33. The van der Waals surface area contributed by atoms with Crippen LogP contribution in [-0.4, -0.2) is 5.11 Å². The van der Waals surface area contributed by atoms with Gasteiger partial charge in [0.1, 0.15) is 6.10 Å². The number of hydrogen-bond acceptors (Lipinski definition) is 3. The minimum absolute atomic E-state index is 0.633. The lowest BCUT2D eigenvalue weighted by Gasteiger charge is -2.05. The fraction of sp³-hybridized carbons (Fsp3) is 0.200. The normalized spacial score (nSPS) is 13.1. The molecule has 0 spiro atoms. The van der Waals surface area contributed by atoms with Crippen LogP contribution in [-0.2, 0) is 0 Å². The van der Waals surface area contributed by atoms with Crippen molar-refractivity contribution in [2.75, 3.05) is 0 Å². The molecule has 2 aromatic heterocycles. The van der Waals surface area contributed by atoms with Gasteiger partial charge in [-0.25, -0.2) is 0 Å². The SMILES string of the molecule is Cc1cocc1C(O)c1cc(Cl)cs1. The molecule has 0 saturated heterocycles. The molecule has 0 aromatic carbocycles. The third-order valence-electron chi connectivity index (χ3n) is 2.05. The van der Waals surface area contributed by atoms with Gasteiger partial charge in [-0.15, -0.1) is 11.3 Å². The van der Waals surface area contributed by atoms with E-state index in [0.717, 1.165) is 16.0 Å². The summed E-state index contributed by atoms with van der Waals surface area (Å²) in [5.74, 6) is 0. The Morgan fingerprint density at radius 1 is 1.50 bits per heavy atom. The van der Waals surface area contributed by atoms with E-state index in [4.69, 9.17) is 16.0 Å². The summed E-state index contributed by atoms with van der Waals surface area (Å²) in [5, 5.41) is 12.4. The Kier molecular flexibility index (Phi) is 2.63. The maximum atomic E-state index is 9.97. The van der Waals surface area contributed by atoms with Gasteiger partial charge in [-0.1, -0.05) is 11.6 Å². The third kappa shape index (κ3) is 1.71. The number of furan rings is 1. The summed E-state index contributed by atoms with van der Waals surface area (Å²) in [5.41, 5.74) is 1.74.